The highest BCUT2D eigenvalue weighted by molar-refractivity contribution is 5.94. The van der Waals surface area contributed by atoms with Gasteiger partial charge in [0.2, 0.25) is 5.91 Å². The smallest absolute Gasteiger partial charge is 0.253 e. The van der Waals surface area contributed by atoms with Crippen molar-refractivity contribution in [1.29, 1.82) is 0 Å². The first-order valence-electron chi connectivity index (χ1n) is 10.6. The van der Waals surface area contributed by atoms with Crippen LogP contribution in [-0.4, -0.2) is 65.3 Å². The Morgan fingerprint density at radius 2 is 1.83 bits per heavy atom. The minimum absolute atomic E-state index is 0.0871. The van der Waals surface area contributed by atoms with Crippen LogP contribution >= 0.6 is 0 Å². The number of carbonyl (C=O) groups is 2. The lowest BCUT2D eigenvalue weighted by Gasteiger charge is -2.26. The van der Waals surface area contributed by atoms with Crippen molar-refractivity contribution in [2.24, 2.45) is 0 Å². The van der Waals surface area contributed by atoms with E-state index in [4.69, 9.17) is 4.42 Å². The Kier molecular flexibility index (Phi) is 6.18. The molecule has 0 unspecified atom stereocenters. The summed E-state index contributed by atoms with van der Waals surface area (Å²) < 4.78 is 18.8. The van der Waals surface area contributed by atoms with Crippen molar-refractivity contribution in [1.82, 2.24) is 14.7 Å². The quantitative estimate of drug-likeness (QED) is 0.730. The van der Waals surface area contributed by atoms with Gasteiger partial charge in [0, 0.05) is 37.8 Å². The van der Waals surface area contributed by atoms with E-state index >= 15 is 0 Å². The zero-order chi connectivity index (χ0) is 21.1. The van der Waals surface area contributed by atoms with Gasteiger partial charge in [0.15, 0.2) is 0 Å². The monoisotopic (exact) mass is 413 g/mol. The second-order valence-electron chi connectivity index (χ2n) is 8.19. The number of amides is 2. The second kappa shape index (κ2) is 9.00. The van der Waals surface area contributed by atoms with Crippen LogP contribution in [0.15, 0.2) is 40.8 Å². The molecule has 4 rings (SSSR count). The number of halogens is 1. The van der Waals surface area contributed by atoms with Crippen molar-refractivity contribution >= 4 is 11.8 Å². The maximum Gasteiger partial charge on any atom is 0.253 e. The predicted molar refractivity (Wildman–Crippen MR) is 110 cm³/mol. The molecule has 30 heavy (non-hydrogen) atoms. The lowest BCUT2D eigenvalue weighted by molar-refractivity contribution is -0.133. The zero-order valence-electron chi connectivity index (χ0n) is 17.3. The summed E-state index contributed by atoms with van der Waals surface area (Å²) in [6.07, 6.45) is 2.90. The standard InChI is InChI=1S/C23H28FN3O3/c1-17-3-10-21(30-17)15-27(20-8-9-20)22(28)16-25-11-2-12-26(14-13-25)23(29)18-4-6-19(24)7-5-18/h3-7,10,20H,2,8-9,11-16H2,1H3. The summed E-state index contributed by atoms with van der Waals surface area (Å²) in [7, 11) is 0. The molecule has 160 valence electrons. The molecule has 2 heterocycles. The minimum Gasteiger partial charge on any atom is -0.464 e. The number of nitrogens with zero attached hydrogens (tertiary/aromatic N) is 3. The molecular formula is C23H28FN3O3. The van der Waals surface area contributed by atoms with Crippen molar-refractivity contribution in [3.05, 3.63) is 59.3 Å². The largest absolute Gasteiger partial charge is 0.464 e. The van der Waals surface area contributed by atoms with Crippen LogP contribution in [0.2, 0.25) is 0 Å². The van der Waals surface area contributed by atoms with Gasteiger partial charge in [-0.25, -0.2) is 4.39 Å². The summed E-state index contributed by atoms with van der Waals surface area (Å²) >= 11 is 0. The molecule has 2 amide bonds. The first-order valence-corrected chi connectivity index (χ1v) is 10.6. The predicted octanol–water partition coefficient (Wildman–Crippen LogP) is 3.07. The molecule has 0 N–H and O–H groups in total. The third kappa shape index (κ3) is 5.08. The highest BCUT2D eigenvalue weighted by atomic mass is 19.1. The van der Waals surface area contributed by atoms with Crippen molar-refractivity contribution < 1.29 is 18.4 Å². The fourth-order valence-electron chi connectivity index (χ4n) is 3.93. The average molecular weight is 413 g/mol. The normalized spacial score (nSPS) is 17.6. The summed E-state index contributed by atoms with van der Waals surface area (Å²) in [4.78, 5) is 31.6. The van der Waals surface area contributed by atoms with Gasteiger partial charge >= 0.3 is 0 Å². The van der Waals surface area contributed by atoms with Crippen LogP contribution in [0.1, 0.15) is 41.1 Å². The fourth-order valence-corrected chi connectivity index (χ4v) is 3.93. The molecule has 6 nitrogen and oxygen atoms in total. The highest BCUT2D eigenvalue weighted by Crippen LogP contribution is 2.29. The Morgan fingerprint density at radius 3 is 2.50 bits per heavy atom. The van der Waals surface area contributed by atoms with Gasteiger partial charge in [0.25, 0.3) is 5.91 Å². The van der Waals surface area contributed by atoms with Crippen molar-refractivity contribution in [3.8, 4) is 0 Å². The summed E-state index contributed by atoms with van der Waals surface area (Å²) in [5.41, 5.74) is 0.495. The Hall–Kier alpha value is -2.67. The molecule has 1 saturated heterocycles. The molecule has 7 heteroatoms. The number of rotatable bonds is 6. The molecule has 0 radical (unpaired) electrons. The SMILES string of the molecule is Cc1ccc(CN(C(=O)CN2CCCN(C(=O)c3ccc(F)cc3)CC2)C2CC2)o1. The van der Waals surface area contributed by atoms with E-state index in [2.05, 4.69) is 4.90 Å². The molecule has 1 aliphatic heterocycles. The van der Waals surface area contributed by atoms with Crippen LogP contribution in [0, 0.1) is 12.7 Å². The van der Waals surface area contributed by atoms with E-state index < -0.39 is 0 Å². The van der Waals surface area contributed by atoms with E-state index in [0.717, 1.165) is 37.3 Å². The summed E-state index contributed by atoms with van der Waals surface area (Å²) in [6, 6.07) is 9.83. The molecule has 1 aromatic carbocycles. The lowest BCUT2D eigenvalue weighted by atomic mass is 10.2. The molecule has 2 aromatic rings. The van der Waals surface area contributed by atoms with E-state index in [1.807, 2.05) is 24.0 Å². The van der Waals surface area contributed by atoms with Crippen molar-refractivity contribution in [2.75, 3.05) is 32.7 Å². The molecule has 1 aliphatic carbocycles. The van der Waals surface area contributed by atoms with Crippen LogP contribution in [0.3, 0.4) is 0 Å². The molecule has 0 spiro atoms. The van der Waals surface area contributed by atoms with E-state index in [-0.39, 0.29) is 17.6 Å². The number of benzene rings is 1. The molecular weight excluding hydrogens is 385 g/mol. The van der Waals surface area contributed by atoms with Crippen LogP contribution in [-0.2, 0) is 11.3 Å². The van der Waals surface area contributed by atoms with E-state index in [1.165, 1.54) is 24.3 Å². The Balaban J connectivity index is 1.33. The third-order valence-electron chi connectivity index (χ3n) is 5.76. The summed E-state index contributed by atoms with van der Waals surface area (Å²) in [6.45, 7) is 5.40. The minimum atomic E-state index is -0.350. The van der Waals surface area contributed by atoms with Crippen LogP contribution in [0.25, 0.3) is 0 Å². The Morgan fingerprint density at radius 1 is 1.07 bits per heavy atom. The van der Waals surface area contributed by atoms with Crippen molar-refractivity contribution in [2.45, 2.75) is 38.8 Å². The Labute approximate surface area is 176 Å². The van der Waals surface area contributed by atoms with Gasteiger partial charge in [-0.1, -0.05) is 0 Å². The second-order valence-corrected chi connectivity index (χ2v) is 8.19. The zero-order valence-corrected chi connectivity index (χ0v) is 17.3. The number of furan rings is 1. The first-order chi connectivity index (χ1) is 14.5. The third-order valence-corrected chi connectivity index (χ3v) is 5.76. The van der Waals surface area contributed by atoms with E-state index in [9.17, 15) is 14.0 Å². The summed E-state index contributed by atoms with van der Waals surface area (Å²) in [5.74, 6) is 1.35. The van der Waals surface area contributed by atoms with Gasteiger partial charge in [-0.2, -0.15) is 0 Å². The van der Waals surface area contributed by atoms with Gasteiger partial charge in [-0.15, -0.1) is 0 Å². The molecule has 0 bridgehead atoms. The number of carbonyl (C=O) groups excluding carboxylic acids is 2. The number of aryl methyl sites for hydroxylation is 1. The topological polar surface area (TPSA) is 57.0 Å². The molecule has 0 atom stereocenters. The van der Waals surface area contributed by atoms with Gasteiger partial charge in [-0.3, -0.25) is 14.5 Å². The van der Waals surface area contributed by atoms with Crippen LogP contribution < -0.4 is 0 Å². The van der Waals surface area contributed by atoms with Gasteiger partial charge in [-0.05, 0) is 62.6 Å². The van der Waals surface area contributed by atoms with E-state index in [0.29, 0.717) is 44.3 Å². The number of hydrogen-bond donors (Lipinski definition) is 0. The highest BCUT2D eigenvalue weighted by Gasteiger charge is 2.34. The van der Waals surface area contributed by atoms with Crippen LogP contribution in [0.5, 0.6) is 0 Å². The average Bonchev–Trinajstić information content (AvgIpc) is 3.52. The van der Waals surface area contributed by atoms with E-state index in [1.54, 1.807) is 4.90 Å². The van der Waals surface area contributed by atoms with Gasteiger partial charge < -0.3 is 14.2 Å². The molecule has 2 aliphatic rings. The van der Waals surface area contributed by atoms with Crippen LogP contribution in [0.4, 0.5) is 4.39 Å². The molecule has 1 aromatic heterocycles. The Bertz CT molecular complexity index is 891. The molecule has 1 saturated carbocycles. The van der Waals surface area contributed by atoms with Gasteiger partial charge in [0.05, 0.1) is 13.1 Å². The molecule has 2 fully saturated rings. The lowest BCUT2D eigenvalue weighted by Crippen LogP contribution is -2.42. The maximum absolute atomic E-state index is 13.1. The first kappa shape index (κ1) is 20.6. The van der Waals surface area contributed by atoms with Gasteiger partial charge in [0.1, 0.15) is 17.3 Å². The maximum atomic E-state index is 13.1. The number of hydrogen-bond acceptors (Lipinski definition) is 4. The fraction of sp³-hybridized carbons (Fsp3) is 0.478. The summed E-state index contributed by atoms with van der Waals surface area (Å²) in [5, 5.41) is 0. The van der Waals surface area contributed by atoms with Crippen molar-refractivity contribution in [3.63, 3.8) is 0 Å².